The lowest BCUT2D eigenvalue weighted by molar-refractivity contribution is -0.137. The van der Waals surface area contributed by atoms with Gasteiger partial charge >= 0.3 is 0 Å². The van der Waals surface area contributed by atoms with Crippen molar-refractivity contribution in [3.63, 3.8) is 0 Å². The van der Waals surface area contributed by atoms with E-state index in [1.54, 1.807) is 18.0 Å². The summed E-state index contributed by atoms with van der Waals surface area (Å²) < 4.78 is 64.1. The number of hydrogen-bond acceptors (Lipinski definition) is 9. The molecular formula is C32H36F2N6O5S. The van der Waals surface area contributed by atoms with Gasteiger partial charge in [0, 0.05) is 55.6 Å². The van der Waals surface area contributed by atoms with Crippen molar-refractivity contribution in [1.82, 2.24) is 25.2 Å². The number of amides is 2. The van der Waals surface area contributed by atoms with Gasteiger partial charge in [0.2, 0.25) is 5.88 Å². The van der Waals surface area contributed by atoms with Crippen LogP contribution in [0.5, 0.6) is 5.88 Å². The molecule has 0 saturated carbocycles. The number of piperidine rings is 1. The number of benzene rings is 2. The molecule has 2 saturated heterocycles. The topological polar surface area (TPSA) is 115 Å². The Bertz CT molecular complexity index is 1730. The monoisotopic (exact) mass is 654 g/mol. The molecule has 1 atom stereocenters. The average Bonchev–Trinajstić information content (AvgIpc) is 3.31. The van der Waals surface area contributed by atoms with Crippen molar-refractivity contribution < 1.29 is 31.5 Å². The molecule has 3 aromatic rings. The number of piperazine rings is 1. The highest BCUT2D eigenvalue weighted by Crippen LogP contribution is 2.51. The minimum Gasteiger partial charge on any atom is -0.478 e. The van der Waals surface area contributed by atoms with E-state index in [-0.39, 0.29) is 28.5 Å². The highest BCUT2D eigenvalue weighted by Gasteiger charge is 2.63. The van der Waals surface area contributed by atoms with Crippen LogP contribution in [0.1, 0.15) is 30.9 Å². The van der Waals surface area contributed by atoms with Crippen LogP contribution in [0.25, 0.3) is 0 Å². The molecular weight excluding hydrogens is 618 g/mol. The molecule has 0 spiro atoms. The normalized spacial score (nSPS) is 21.7. The van der Waals surface area contributed by atoms with Crippen LogP contribution in [-0.2, 0) is 25.0 Å². The van der Waals surface area contributed by atoms with Crippen molar-refractivity contribution in [2.24, 2.45) is 0 Å². The number of hydrogen-bond donors (Lipinski definition) is 1. The molecule has 4 heterocycles. The Kier molecular flexibility index (Phi) is 8.81. The maximum Gasteiger partial charge on any atom is 0.270 e. The van der Waals surface area contributed by atoms with Gasteiger partial charge in [-0.2, -0.15) is 0 Å². The number of nitrogens with one attached hydrogen (secondary N) is 1. The number of carbonyl (C=O) groups is 2. The number of hydrazine groups is 1. The van der Waals surface area contributed by atoms with Crippen LogP contribution in [0, 0.1) is 11.6 Å². The first-order chi connectivity index (χ1) is 22.1. The first kappa shape index (κ1) is 32.0. The number of sulfonamides is 1. The lowest BCUT2D eigenvalue weighted by Crippen LogP contribution is -2.61. The quantitative estimate of drug-likeness (QED) is 0.366. The Balaban J connectivity index is 1.43. The minimum absolute atomic E-state index is 0.0951. The molecule has 46 heavy (non-hydrogen) atoms. The van der Waals surface area contributed by atoms with Gasteiger partial charge in [-0.05, 0) is 64.2 Å². The summed E-state index contributed by atoms with van der Waals surface area (Å²) in [6, 6.07) is 11.8. The van der Waals surface area contributed by atoms with Gasteiger partial charge in [-0.1, -0.05) is 24.3 Å². The second-order valence-electron chi connectivity index (χ2n) is 11.7. The van der Waals surface area contributed by atoms with Crippen LogP contribution in [0.2, 0.25) is 0 Å². The number of aromatic nitrogens is 1. The van der Waals surface area contributed by atoms with Gasteiger partial charge in [-0.3, -0.25) is 19.9 Å². The molecule has 0 bridgehead atoms. The van der Waals surface area contributed by atoms with Crippen molar-refractivity contribution in [2.45, 2.75) is 36.1 Å². The Morgan fingerprint density at radius 2 is 1.65 bits per heavy atom. The van der Waals surface area contributed by atoms with Gasteiger partial charge in [-0.25, -0.2) is 31.5 Å². The Morgan fingerprint density at radius 3 is 2.33 bits per heavy atom. The number of carbonyl (C=O) groups excluding carboxylic acids is 2. The van der Waals surface area contributed by atoms with Gasteiger partial charge in [0.05, 0.1) is 17.2 Å². The van der Waals surface area contributed by atoms with E-state index in [0.717, 1.165) is 25.9 Å². The second-order valence-corrected chi connectivity index (χ2v) is 13.5. The number of halogens is 2. The van der Waals surface area contributed by atoms with Crippen molar-refractivity contribution in [1.29, 1.82) is 0 Å². The first-order valence-electron chi connectivity index (χ1n) is 15.3. The van der Waals surface area contributed by atoms with Crippen LogP contribution < -0.4 is 14.5 Å². The van der Waals surface area contributed by atoms with Crippen LogP contribution >= 0.6 is 0 Å². The minimum atomic E-state index is -4.70. The van der Waals surface area contributed by atoms with Gasteiger partial charge in [0.25, 0.3) is 21.8 Å². The molecule has 244 valence electrons. The molecule has 3 aliphatic heterocycles. The maximum absolute atomic E-state index is 15.1. The number of likely N-dealkylation sites (tertiary alicyclic amines) is 1. The third-order valence-corrected chi connectivity index (χ3v) is 10.7. The van der Waals surface area contributed by atoms with Crippen LogP contribution in [0.4, 0.5) is 14.5 Å². The standard InChI is InChI=1S/C32H36F2N6O5S/c1-3-45-29-24(10-7-13-35-29)32(30(41)36-39-18-16-38(17-19-39)22-11-14-37(2)15-12-22)25-20-26(33)27(34)21-28(25)40(31(32)42)46(43,44)23-8-5-4-6-9-23/h4-10,13,20-22H,3,11-12,14-19H2,1-2H3,(H,36,41). The fraction of sp³-hybridized carbons (Fsp3) is 0.406. The van der Waals surface area contributed by atoms with Crippen LogP contribution in [0.3, 0.4) is 0 Å². The molecule has 1 unspecified atom stereocenters. The summed E-state index contributed by atoms with van der Waals surface area (Å²) in [5.74, 6) is -5.01. The molecule has 2 aromatic carbocycles. The molecule has 0 aliphatic carbocycles. The lowest BCUT2D eigenvalue weighted by atomic mass is 9.74. The zero-order chi connectivity index (χ0) is 32.6. The lowest BCUT2D eigenvalue weighted by Gasteiger charge is -2.42. The van der Waals surface area contributed by atoms with E-state index in [4.69, 9.17) is 4.74 Å². The van der Waals surface area contributed by atoms with E-state index in [2.05, 4.69) is 27.3 Å². The van der Waals surface area contributed by atoms with Crippen molar-refractivity contribution in [2.75, 3.05) is 57.2 Å². The third kappa shape index (κ3) is 5.42. The summed E-state index contributed by atoms with van der Waals surface area (Å²) in [5.41, 5.74) is -0.562. The Labute approximate surface area is 266 Å². The number of ether oxygens (including phenoxy) is 1. The molecule has 6 rings (SSSR count). The smallest absolute Gasteiger partial charge is 0.270 e. The van der Waals surface area contributed by atoms with E-state index >= 15 is 4.39 Å². The average molecular weight is 655 g/mol. The zero-order valence-corrected chi connectivity index (χ0v) is 26.5. The third-order valence-electron chi connectivity index (χ3n) is 9.02. The highest BCUT2D eigenvalue weighted by molar-refractivity contribution is 7.93. The zero-order valence-electron chi connectivity index (χ0n) is 25.7. The van der Waals surface area contributed by atoms with Gasteiger partial charge in [-0.15, -0.1) is 0 Å². The molecule has 3 aliphatic rings. The summed E-state index contributed by atoms with van der Waals surface area (Å²) in [4.78, 5) is 38.1. The summed E-state index contributed by atoms with van der Waals surface area (Å²) in [5, 5.41) is 1.67. The van der Waals surface area contributed by atoms with Crippen molar-refractivity contribution >= 4 is 27.5 Å². The fourth-order valence-electron chi connectivity index (χ4n) is 6.63. The summed E-state index contributed by atoms with van der Waals surface area (Å²) >= 11 is 0. The predicted octanol–water partition coefficient (Wildman–Crippen LogP) is 2.52. The van der Waals surface area contributed by atoms with E-state index in [1.807, 2.05) is 0 Å². The predicted molar refractivity (Wildman–Crippen MR) is 165 cm³/mol. The molecule has 1 N–H and O–H groups in total. The van der Waals surface area contributed by atoms with Gasteiger partial charge < -0.3 is 9.64 Å². The van der Waals surface area contributed by atoms with Crippen LogP contribution in [-0.4, -0.2) is 99.0 Å². The Morgan fingerprint density at radius 1 is 0.978 bits per heavy atom. The number of nitrogens with zero attached hydrogens (tertiary/aromatic N) is 5. The summed E-state index contributed by atoms with van der Waals surface area (Å²) in [6.07, 6.45) is 3.49. The summed E-state index contributed by atoms with van der Waals surface area (Å²) in [7, 11) is -2.59. The second kappa shape index (κ2) is 12.7. The van der Waals surface area contributed by atoms with E-state index in [0.29, 0.717) is 48.7 Å². The SMILES string of the molecule is CCOc1ncccc1C1(C(=O)NN2CCN(C3CCN(C)CC3)CC2)C(=O)N(S(=O)(=O)c2ccccc2)c2cc(F)c(F)cc21. The fourth-order valence-corrected chi connectivity index (χ4v) is 8.11. The highest BCUT2D eigenvalue weighted by atomic mass is 32.2. The van der Waals surface area contributed by atoms with E-state index < -0.39 is 44.6 Å². The molecule has 0 radical (unpaired) electrons. The number of anilines is 1. The van der Waals surface area contributed by atoms with E-state index in [9.17, 15) is 22.4 Å². The molecule has 11 nitrogen and oxygen atoms in total. The van der Waals surface area contributed by atoms with Crippen LogP contribution in [0.15, 0.2) is 65.7 Å². The number of pyridine rings is 1. The van der Waals surface area contributed by atoms with Gasteiger partial charge in [0.15, 0.2) is 17.0 Å². The molecule has 2 fully saturated rings. The molecule has 14 heteroatoms. The number of rotatable bonds is 8. The number of fused-ring (bicyclic) bond motifs is 1. The Hall–Kier alpha value is -3.98. The first-order valence-corrected chi connectivity index (χ1v) is 16.7. The van der Waals surface area contributed by atoms with Crippen molar-refractivity contribution in [3.8, 4) is 5.88 Å². The van der Waals surface area contributed by atoms with Gasteiger partial charge in [0.1, 0.15) is 0 Å². The van der Waals surface area contributed by atoms with Crippen molar-refractivity contribution in [3.05, 3.63) is 83.6 Å². The van der Waals surface area contributed by atoms with E-state index in [1.165, 1.54) is 42.6 Å². The maximum atomic E-state index is 15.1. The summed E-state index contributed by atoms with van der Waals surface area (Å²) in [6.45, 7) is 6.01. The molecule has 2 amide bonds. The largest absolute Gasteiger partial charge is 0.478 e. The molecule has 1 aromatic heterocycles.